The number of aliphatic hydroxyl groups is 1. The Morgan fingerprint density at radius 1 is 1.07 bits per heavy atom. The van der Waals surface area contributed by atoms with Crippen LogP contribution in [0.2, 0.25) is 0 Å². The van der Waals surface area contributed by atoms with Crippen molar-refractivity contribution in [3.05, 3.63) is 89.1 Å². The van der Waals surface area contributed by atoms with E-state index >= 15 is 0 Å². The van der Waals surface area contributed by atoms with E-state index in [9.17, 15) is 37.8 Å². The van der Waals surface area contributed by atoms with E-state index in [0.29, 0.717) is 21.2 Å². The van der Waals surface area contributed by atoms with E-state index in [2.05, 4.69) is 10.3 Å². The summed E-state index contributed by atoms with van der Waals surface area (Å²) in [7, 11) is 0. The van der Waals surface area contributed by atoms with Crippen LogP contribution >= 0.6 is 11.8 Å². The Hall–Kier alpha value is -3.98. The Morgan fingerprint density at radius 3 is 2.52 bits per heavy atom. The Morgan fingerprint density at radius 2 is 1.83 bits per heavy atom. The van der Waals surface area contributed by atoms with Crippen molar-refractivity contribution in [1.29, 1.82) is 0 Å². The summed E-state index contributed by atoms with van der Waals surface area (Å²) in [5.41, 5.74) is 2.44. The molecule has 1 aromatic heterocycles. The van der Waals surface area contributed by atoms with E-state index in [-0.39, 0.29) is 43.2 Å². The number of nitrogens with zero attached hydrogens (tertiary/aromatic N) is 2. The van der Waals surface area contributed by atoms with Crippen LogP contribution in [0, 0.1) is 5.92 Å². The number of ether oxygens (including phenoxy) is 2. The summed E-state index contributed by atoms with van der Waals surface area (Å²) >= 11 is 1.24. The molecule has 0 bridgehead atoms. The molecular weight excluding hydrogens is 627 g/mol. The molecule has 2 amide bonds. The van der Waals surface area contributed by atoms with Crippen LogP contribution in [0.4, 0.5) is 18.9 Å². The highest BCUT2D eigenvalue weighted by Gasteiger charge is 2.47. The molecule has 14 heteroatoms. The van der Waals surface area contributed by atoms with Gasteiger partial charge in [0.2, 0.25) is 5.91 Å². The number of alkyl halides is 3. The Kier molecular flexibility index (Phi) is 10.3. The van der Waals surface area contributed by atoms with Crippen LogP contribution < -0.4 is 5.32 Å². The van der Waals surface area contributed by atoms with Gasteiger partial charge in [0.05, 0.1) is 24.4 Å². The van der Waals surface area contributed by atoms with Crippen LogP contribution in [0.1, 0.15) is 59.2 Å². The maximum Gasteiger partial charge on any atom is 0.471 e. The van der Waals surface area contributed by atoms with Crippen LogP contribution in [-0.2, 0) is 25.7 Å². The zero-order valence-electron chi connectivity index (χ0n) is 24.6. The standard InChI is InChI=1S/C32H32F3N3O7S/c1-18-25(17-46-28-23(29(41)42)7-3-13-36-28)44-30(45-26(18)20-11-9-19(16-39)10-12-20)21-5-2-6-22(15-21)37-27(40)24-8-4-14-38(24)31(43)32(33,34)35/h2-3,5-7,9-13,15,18,24-26,30,39H,4,8,14,16-17H2,1H3,(H,37,40)(H,41,42)/t18-,24+,25+,26+,30+/m1/s1. The maximum absolute atomic E-state index is 13.1. The van der Waals surface area contributed by atoms with Crippen LogP contribution in [0.15, 0.2) is 71.9 Å². The zero-order valence-corrected chi connectivity index (χ0v) is 25.5. The van der Waals surface area contributed by atoms with Gasteiger partial charge in [-0.05, 0) is 48.2 Å². The largest absolute Gasteiger partial charge is 0.478 e. The number of aliphatic hydroxyl groups excluding tert-OH is 1. The van der Waals surface area contributed by atoms with Crippen molar-refractivity contribution in [2.45, 2.75) is 62.1 Å². The predicted molar refractivity (Wildman–Crippen MR) is 161 cm³/mol. The Labute approximate surface area is 266 Å². The number of amides is 2. The molecule has 5 atom stereocenters. The molecule has 5 rings (SSSR count). The minimum atomic E-state index is -5.08. The molecule has 0 spiro atoms. The molecule has 0 aliphatic carbocycles. The third-order valence-electron chi connectivity index (χ3n) is 7.99. The average molecular weight is 660 g/mol. The lowest BCUT2D eigenvalue weighted by Crippen LogP contribution is -2.48. The molecule has 2 fully saturated rings. The fourth-order valence-electron chi connectivity index (χ4n) is 5.57. The number of aromatic carboxylic acids is 1. The highest BCUT2D eigenvalue weighted by Crippen LogP contribution is 2.43. The molecule has 46 heavy (non-hydrogen) atoms. The molecule has 10 nitrogen and oxygen atoms in total. The van der Waals surface area contributed by atoms with Crippen LogP contribution in [0.3, 0.4) is 0 Å². The molecule has 0 radical (unpaired) electrons. The van der Waals surface area contributed by atoms with E-state index in [1.807, 2.05) is 19.1 Å². The lowest BCUT2D eigenvalue weighted by molar-refractivity contribution is -0.268. The number of nitrogens with one attached hydrogen (secondary N) is 1. The van der Waals surface area contributed by atoms with Gasteiger partial charge in [-0.2, -0.15) is 13.2 Å². The Bertz CT molecular complexity index is 1570. The highest BCUT2D eigenvalue weighted by atomic mass is 32.2. The van der Waals surface area contributed by atoms with Crippen molar-refractivity contribution in [3.63, 3.8) is 0 Å². The quantitative estimate of drug-likeness (QED) is 0.260. The molecule has 2 aliphatic rings. The van der Waals surface area contributed by atoms with Gasteiger partial charge in [-0.1, -0.05) is 43.3 Å². The van der Waals surface area contributed by atoms with E-state index < -0.39 is 48.5 Å². The SMILES string of the molecule is C[C@@H]1[C@H](CSc2ncccc2C(=O)O)O[C@H](c2cccc(NC(=O)[C@@H]3CCCN3C(=O)C(F)(F)F)c2)O[C@@H]1c1ccc(CO)cc1. The van der Waals surface area contributed by atoms with Crippen molar-refractivity contribution in [2.24, 2.45) is 5.92 Å². The minimum absolute atomic E-state index is 0.0705. The molecule has 244 valence electrons. The number of aromatic nitrogens is 1. The molecule has 2 saturated heterocycles. The number of rotatable bonds is 9. The van der Waals surface area contributed by atoms with Crippen molar-refractivity contribution in [3.8, 4) is 0 Å². The summed E-state index contributed by atoms with van der Waals surface area (Å²) in [6.07, 6.45) is -5.04. The number of carboxylic acids is 1. The van der Waals surface area contributed by atoms with Gasteiger partial charge >= 0.3 is 18.1 Å². The molecular formula is C32H32F3N3O7S. The topological polar surface area (TPSA) is 138 Å². The fraction of sp³-hybridized carbons (Fsp3) is 0.375. The van der Waals surface area contributed by atoms with Gasteiger partial charge < -0.3 is 29.9 Å². The lowest BCUT2D eigenvalue weighted by atomic mass is 9.91. The fourth-order valence-corrected chi connectivity index (χ4v) is 6.72. The van der Waals surface area contributed by atoms with Gasteiger partial charge in [-0.15, -0.1) is 11.8 Å². The van der Waals surface area contributed by atoms with Gasteiger partial charge in [-0.25, -0.2) is 9.78 Å². The first-order valence-electron chi connectivity index (χ1n) is 14.6. The Balaban J connectivity index is 1.37. The van der Waals surface area contributed by atoms with Crippen molar-refractivity contribution in [1.82, 2.24) is 9.88 Å². The molecule has 3 aromatic rings. The number of benzene rings is 2. The number of anilines is 1. The average Bonchev–Trinajstić information content (AvgIpc) is 3.54. The molecule has 3 N–H and O–H groups in total. The van der Waals surface area contributed by atoms with E-state index in [1.54, 1.807) is 42.5 Å². The van der Waals surface area contributed by atoms with Gasteiger partial charge in [-0.3, -0.25) is 9.59 Å². The summed E-state index contributed by atoms with van der Waals surface area (Å²) < 4.78 is 52.1. The van der Waals surface area contributed by atoms with Gasteiger partial charge in [0.25, 0.3) is 0 Å². The first kappa shape index (κ1) is 33.4. The van der Waals surface area contributed by atoms with Crippen molar-refractivity contribution < 1.29 is 47.2 Å². The minimum Gasteiger partial charge on any atom is -0.478 e. The number of carbonyl (C=O) groups excluding carboxylic acids is 2. The normalized spacial score (nSPS) is 23.2. The first-order chi connectivity index (χ1) is 22.0. The molecule has 2 aliphatic heterocycles. The second-order valence-corrected chi connectivity index (χ2v) is 12.1. The van der Waals surface area contributed by atoms with E-state index in [1.165, 1.54) is 24.0 Å². The second-order valence-electron chi connectivity index (χ2n) is 11.1. The number of pyridine rings is 1. The van der Waals surface area contributed by atoms with E-state index in [0.717, 1.165) is 11.1 Å². The number of carboxylic acid groups (broad SMARTS) is 1. The summed E-state index contributed by atoms with van der Waals surface area (Å²) in [6, 6.07) is 15.6. The summed E-state index contributed by atoms with van der Waals surface area (Å²) in [5, 5.41) is 22.1. The molecule has 0 saturated carbocycles. The van der Waals surface area contributed by atoms with Crippen LogP contribution in [-0.4, -0.2) is 68.5 Å². The van der Waals surface area contributed by atoms with Gasteiger partial charge in [0, 0.05) is 35.7 Å². The van der Waals surface area contributed by atoms with Crippen LogP contribution in [0.5, 0.6) is 0 Å². The second kappa shape index (κ2) is 14.2. The number of halogens is 3. The first-order valence-corrected chi connectivity index (χ1v) is 15.5. The monoisotopic (exact) mass is 659 g/mol. The predicted octanol–water partition coefficient (Wildman–Crippen LogP) is 5.35. The van der Waals surface area contributed by atoms with Crippen molar-refractivity contribution in [2.75, 3.05) is 17.6 Å². The third-order valence-corrected chi connectivity index (χ3v) is 9.09. The summed E-state index contributed by atoms with van der Waals surface area (Å²) in [4.78, 5) is 41.4. The number of hydrogen-bond acceptors (Lipinski definition) is 8. The lowest BCUT2D eigenvalue weighted by Gasteiger charge is -2.41. The van der Waals surface area contributed by atoms with Gasteiger partial charge in [0.15, 0.2) is 6.29 Å². The third kappa shape index (κ3) is 7.52. The van der Waals surface area contributed by atoms with Gasteiger partial charge in [0.1, 0.15) is 11.1 Å². The zero-order chi connectivity index (χ0) is 33.0. The number of thioether (sulfide) groups is 1. The number of carbonyl (C=O) groups is 3. The van der Waals surface area contributed by atoms with Crippen LogP contribution in [0.25, 0.3) is 0 Å². The smallest absolute Gasteiger partial charge is 0.471 e. The molecule has 3 heterocycles. The van der Waals surface area contributed by atoms with Crippen molar-refractivity contribution >= 4 is 35.2 Å². The molecule has 2 aromatic carbocycles. The van der Waals surface area contributed by atoms with E-state index in [4.69, 9.17) is 9.47 Å². The highest BCUT2D eigenvalue weighted by molar-refractivity contribution is 7.99. The summed E-state index contributed by atoms with van der Waals surface area (Å²) in [6.45, 7) is 1.67. The number of hydrogen-bond donors (Lipinski definition) is 3. The summed E-state index contributed by atoms with van der Waals surface area (Å²) in [5.74, 6) is -3.74. The maximum atomic E-state index is 13.1. The molecule has 0 unspecified atom stereocenters. The number of likely N-dealkylation sites (tertiary alicyclic amines) is 1.